The number of carboxylic acid groups (broad SMARTS) is 1. The van der Waals surface area contributed by atoms with Gasteiger partial charge >= 0.3 is 5.97 Å². The zero-order valence-electron chi connectivity index (χ0n) is 45.2. The van der Waals surface area contributed by atoms with Crippen LogP contribution in [-0.2, 0) is 64.0 Å². The fourth-order valence-electron chi connectivity index (χ4n) is 7.13. The van der Waals surface area contributed by atoms with Crippen molar-refractivity contribution in [3.05, 3.63) is 18.2 Å². The third kappa shape index (κ3) is 24.1. The van der Waals surface area contributed by atoms with Crippen LogP contribution in [0, 0.1) is 23.7 Å². The molecule has 0 aliphatic rings. The minimum atomic E-state index is -1.81. The first-order valence-corrected chi connectivity index (χ1v) is 25.2. The number of amides is 11. The monoisotopic (exact) mass is 1090 g/mol. The standard InChI is InChI=1S/C47H81N17O13/c1-10-23(7)36(44(74)55-19-33(67)62-35(22(5)6)46(76)77)63-39(69)27(13-12-14-54-47(51)52)58-41(71)28(15-26-18-53-20-56-26)59-38(68)25(9)57-40(70)29(16-31(48)65)60-42(72)30(17-32(49)66)61-45(75)37(24(8)11-2)64-43(73)34(50)21(3)4/h18,20-25,27-30,34-37H,10-17,19,50H2,1-9H3,(H2,48,65)(H2,49,66)(H,53,56)(H,55,74)(H,57,70)(H,58,71)(H,59,68)(H,60,72)(H,61,75)(H,62,67)(H,63,69)(H,64,73)(H,76,77)(H4,51,52,54)/t23-,24-,25-,27-,28-,29-,30-,34-,35-,36-,37-/m0/s1. The van der Waals surface area contributed by atoms with E-state index < -0.39 is 162 Å². The number of aliphatic imine (C=N–C) groups is 1. The third-order valence-corrected chi connectivity index (χ3v) is 12.3. The molecule has 0 aromatic carbocycles. The maximum Gasteiger partial charge on any atom is 0.326 e. The van der Waals surface area contributed by atoms with Crippen LogP contribution in [0.1, 0.15) is 107 Å². The largest absolute Gasteiger partial charge is 0.480 e. The van der Waals surface area contributed by atoms with Crippen LogP contribution in [0.5, 0.6) is 0 Å². The molecular weight excluding hydrogens is 1010 g/mol. The third-order valence-electron chi connectivity index (χ3n) is 12.3. The normalized spacial score (nSPS) is 15.4. The Balaban J connectivity index is 3.45. The highest BCUT2D eigenvalue weighted by molar-refractivity contribution is 6.00. The fraction of sp³-hybridized carbons (Fsp3) is 0.660. The van der Waals surface area contributed by atoms with Crippen molar-refractivity contribution < 1.29 is 62.6 Å². The molecule has 0 aliphatic heterocycles. The number of hydrogen-bond donors (Lipinski definition) is 16. The van der Waals surface area contributed by atoms with E-state index in [0.717, 1.165) is 0 Å². The van der Waals surface area contributed by atoms with Crippen molar-refractivity contribution in [2.75, 3.05) is 13.1 Å². The van der Waals surface area contributed by atoms with Gasteiger partial charge in [0.2, 0.25) is 65.0 Å². The van der Waals surface area contributed by atoms with Crippen molar-refractivity contribution in [3.63, 3.8) is 0 Å². The Morgan fingerprint density at radius 1 is 0.584 bits per heavy atom. The number of primary amides is 2. The van der Waals surface area contributed by atoms with E-state index in [2.05, 4.69) is 62.8 Å². The summed E-state index contributed by atoms with van der Waals surface area (Å²) in [6.45, 7) is 13.9. The number of rotatable bonds is 35. The molecule has 0 bridgehead atoms. The highest BCUT2D eigenvalue weighted by atomic mass is 16.4. The number of imidazole rings is 1. The molecule has 30 nitrogen and oxygen atoms in total. The maximum absolute atomic E-state index is 14.2. The van der Waals surface area contributed by atoms with E-state index in [0.29, 0.717) is 18.5 Å². The van der Waals surface area contributed by atoms with Crippen LogP contribution in [0.4, 0.5) is 0 Å². The molecular formula is C47H81N17O13. The second-order valence-corrected chi connectivity index (χ2v) is 19.4. The van der Waals surface area contributed by atoms with Crippen LogP contribution in [0.15, 0.2) is 17.5 Å². The lowest BCUT2D eigenvalue weighted by Gasteiger charge is -2.28. The van der Waals surface area contributed by atoms with E-state index in [1.54, 1.807) is 55.4 Å². The number of guanidine groups is 1. The predicted octanol–water partition coefficient (Wildman–Crippen LogP) is -5.41. The number of aromatic amines is 1. The van der Waals surface area contributed by atoms with Gasteiger partial charge in [-0.3, -0.25) is 57.7 Å². The van der Waals surface area contributed by atoms with Crippen LogP contribution in [0.2, 0.25) is 0 Å². The number of H-pyrrole nitrogens is 1. The molecule has 0 saturated heterocycles. The Hall–Kier alpha value is -7.92. The van der Waals surface area contributed by atoms with Crippen LogP contribution in [0.25, 0.3) is 0 Å². The summed E-state index contributed by atoms with van der Waals surface area (Å²) in [5, 5.41) is 31.5. The first kappa shape index (κ1) is 67.1. The summed E-state index contributed by atoms with van der Waals surface area (Å²) in [6.07, 6.45) is 1.47. The van der Waals surface area contributed by atoms with Gasteiger partial charge in [-0.1, -0.05) is 68.2 Å². The molecule has 1 aromatic heterocycles. The van der Waals surface area contributed by atoms with Gasteiger partial charge in [-0.05, 0) is 43.4 Å². The van der Waals surface area contributed by atoms with Crippen molar-refractivity contribution in [1.29, 1.82) is 0 Å². The predicted molar refractivity (Wildman–Crippen MR) is 278 cm³/mol. The Labute approximate surface area is 446 Å². The zero-order chi connectivity index (χ0) is 58.9. The highest BCUT2D eigenvalue weighted by Crippen LogP contribution is 2.13. The van der Waals surface area contributed by atoms with E-state index >= 15 is 0 Å². The number of carbonyl (C=O) groups excluding carboxylic acids is 11. The number of nitrogens with zero attached hydrogens (tertiary/aromatic N) is 2. The van der Waals surface area contributed by atoms with Gasteiger partial charge in [-0.2, -0.15) is 0 Å². The molecule has 0 unspecified atom stereocenters. The molecule has 0 spiro atoms. The van der Waals surface area contributed by atoms with Crippen molar-refractivity contribution >= 4 is 76.9 Å². The topological polar surface area (TPSA) is 504 Å². The average molecular weight is 1090 g/mol. The minimum Gasteiger partial charge on any atom is -0.480 e. The second-order valence-electron chi connectivity index (χ2n) is 19.4. The fourth-order valence-corrected chi connectivity index (χ4v) is 7.13. The lowest BCUT2D eigenvalue weighted by molar-refractivity contribution is -0.143. The maximum atomic E-state index is 14.2. The Morgan fingerprint density at radius 2 is 1.06 bits per heavy atom. The molecule has 1 heterocycles. The van der Waals surface area contributed by atoms with Crippen LogP contribution < -0.4 is 76.5 Å². The summed E-state index contributed by atoms with van der Waals surface area (Å²) in [5.41, 5.74) is 28.1. The molecule has 0 saturated carbocycles. The molecule has 11 atom stereocenters. The van der Waals surface area contributed by atoms with E-state index in [1.165, 1.54) is 19.4 Å². The number of carboxylic acids is 1. The molecule has 1 rings (SSSR count). The SMILES string of the molecule is CC[C@H](C)[C@H](NC(=O)[C@H](CCCN=C(N)N)NC(=O)[C@H](Cc1cnc[nH]1)NC(=O)[C@H](C)NC(=O)[C@H](CC(N)=O)NC(=O)[C@H](CC(N)=O)NC(=O)[C@@H](NC(=O)[C@@H](N)C(C)C)[C@@H](C)CC)C(=O)NCC(=O)N[C@H](C(=O)O)C(C)C. The summed E-state index contributed by atoms with van der Waals surface area (Å²) in [5.74, 6) is -13.7. The number of nitrogens with two attached hydrogens (primary N) is 5. The van der Waals surface area contributed by atoms with Gasteiger partial charge < -0.3 is 86.6 Å². The van der Waals surface area contributed by atoms with Crippen LogP contribution in [0.3, 0.4) is 0 Å². The molecule has 432 valence electrons. The van der Waals surface area contributed by atoms with Gasteiger partial charge in [-0.15, -0.1) is 0 Å². The van der Waals surface area contributed by atoms with Crippen LogP contribution >= 0.6 is 0 Å². The Bertz CT molecular complexity index is 2240. The summed E-state index contributed by atoms with van der Waals surface area (Å²) in [4.78, 5) is 169. The summed E-state index contributed by atoms with van der Waals surface area (Å²) < 4.78 is 0. The number of aromatic nitrogens is 2. The number of carbonyl (C=O) groups is 12. The van der Waals surface area contributed by atoms with Gasteiger partial charge in [0.1, 0.15) is 48.3 Å². The van der Waals surface area contributed by atoms with Gasteiger partial charge in [0.05, 0.1) is 31.8 Å². The molecule has 0 aliphatic carbocycles. The molecule has 30 heteroatoms. The van der Waals surface area contributed by atoms with Crippen molar-refractivity contribution in [2.24, 2.45) is 57.3 Å². The molecule has 0 radical (unpaired) electrons. The smallest absolute Gasteiger partial charge is 0.326 e. The summed E-state index contributed by atoms with van der Waals surface area (Å²) >= 11 is 0. The van der Waals surface area contributed by atoms with Crippen molar-refractivity contribution in [1.82, 2.24) is 57.8 Å². The molecule has 77 heavy (non-hydrogen) atoms. The molecule has 21 N–H and O–H groups in total. The van der Waals surface area contributed by atoms with Gasteiger partial charge in [0.15, 0.2) is 5.96 Å². The van der Waals surface area contributed by atoms with Crippen molar-refractivity contribution in [3.8, 4) is 0 Å². The highest BCUT2D eigenvalue weighted by Gasteiger charge is 2.37. The number of aliphatic carboxylic acids is 1. The van der Waals surface area contributed by atoms with Crippen molar-refractivity contribution in [2.45, 2.75) is 162 Å². The molecule has 1 aromatic rings. The zero-order valence-corrected chi connectivity index (χ0v) is 45.2. The Morgan fingerprint density at radius 3 is 1.55 bits per heavy atom. The van der Waals surface area contributed by atoms with Gasteiger partial charge in [0, 0.05) is 24.9 Å². The minimum absolute atomic E-state index is 0.00967. The second kappa shape index (κ2) is 33.2. The van der Waals surface area contributed by atoms with Gasteiger partial charge in [0.25, 0.3) is 0 Å². The first-order valence-electron chi connectivity index (χ1n) is 25.2. The Kier molecular flexibility index (Phi) is 28.9. The lowest BCUT2D eigenvalue weighted by atomic mass is 9.96. The van der Waals surface area contributed by atoms with Gasteiger partial charge in [-0.25, -0.2) is 9.78 Å². The van der Waals surface area contributed by atoms with E-state index in [9.17, 15) is 62.6 Å². The lowest BCUT2D eigenvalue weighted by Crippen LogP contribution is -2.61. The number of hydrogen-bond acceptors (Lipinski definition) is 15. The summed E-state index contributed by atoms with van der Waals surface area (Å²) in [6, 6.07) is -12.7. The first-order chi connectivity index (χ1) is 35.9. The van der Waals surface area contributed by atoms with E-state index in [-0.39, 0.29) is 37.7 Å². The molecule has 0 fully saturated rings. The van der Waals surface area contributed by atoms with Crippen LogP contribution in [-0.4, -0.2) is 159 Å². The van der Waals surface area contributed by atoms with E-state index in [4.69, 9.17) is 28.7 Å². The summed E-state index contributed by atoms with van der Waals surface area (Å²) in [7, 11) is 0. The van der Waals surface area contributed by atoms with E-state index in [1.807, 2.05) is 0 Å². The molecule has 11 amide bonds. The quantitative estimate of drug-likeness (QED) is 0.0171. The average Bonchev–Trinajstić information content (AvgIpc) is 3.87. The number of nitrogens with one attached hydrogen (secondary N) is 10.